The van der Waals surface area contributed by atoms with Crippen LogP contribution in [0.4, 0.5) is 19.7 Å². The van der Waals surface area contributed by atoms with Crippen molar-refractivity contribution in [3.63, 3.8) is 0 Å². The van der Waals surface area contributed by atoms with E-state index < -0.39 is 23.2 Å². The molecular formula is C34H40FN3O9. The van der Waals surface area contributed by atoms with Gasteiger partial charge in [-0.2, -0.15) is 0 Å². The number of non-ortho nitro benzene ring substituents is 1. The van der Waals surface area contributed by atoms with Gasteiger partial charge in [0.1, 0.15) is 23.3 Å². The minimum absolute atomic E-state index is 0.0361. The van der Waals surface area contributed by atoms with Crippen molar-refractivity contribution in [1.82, 2.24) is 10.2 Å². The Morgan fingerprint density at radius 3 is 2.21 bits per heavy atom. The molecule has 2 aliphatic rings. The molecule has 0 spiro atoms. The number of likely N-dealkylation sites (tertiary alicyclic amines) is 1. The summed E-state index contributed by atoms with van der Waals surface area (Å²) >= 11 is 0. The summed E-state index contributed by atoms with van der Waals surface area (Å²) in [5.41, 5.74) is 1.62. The largest absolute Gasteiger partial charge is 0.513 e. The van der Waals surface area contributed by atoms with Gasteiger partial charge in [0.15, 0.2) is 5.78 Å². The van der Waals surface area contributed by atoms with Gasteiger partial charge in [0.25, 0.3) is 5.69 Å². The van der Waals surface area contributed by atoms with Crippen LogP contribution >= 0.6 is 0 Å². The van der Waals surface area contributed by atoms with Gasteiger partial charge in [-0.1, -0.05) is 25.0 Å². The first kappa shape index (κ1) is 35.1. The fourth-order valence-corrected chi connectivity index (χ4v) is 5.81. The van der Waals surface area contributed by atoms with E-state index in [4.69, 9.17) is 14.2 Å². The summed E-state index contributed by atoms with van der Waals surface area (Å²) < 4.78 is 34.1. The van der Waals surface area contributed by atoms with Gasteiger partial charge in [-0.3, -0.25) is 14.9 Å². The highest BCUT2D eigenvalue weighted by Gasteiger charge is 2.36. The molecule has 2 aromatic rings. The van der Waals surface area contributed by atoms with Crippen molar-refractivity contribution in [1.29, 1.82) is 0 Å². The lowest BCUT2D eigenvalue weighted by atomic mass is 9.89. The second-order valence-electron chi connectivity index (χ2n) is 11.5. The van der Waals surface area contributed by atoms with Crippen LogP contribution in [0.25, 0.3) is 0 Å². The Bertz CT molecular complexity index is 1510. The Morgan fingerprint density at radius 2 is 1.57 bits per heavy atom. The maximum atomic E-state index is 13.2. The number of benzene rings is 2. The summed E-state index contributed by atoms with van der Waals surface area (Å²) in [4.78, 5) is 50.7. The summed E-state index contributed by atoms with van der Waals surface area (Å²) in [6.45, 7) is 6.06. The van der Waals surface area contributed by atoms with E-state index in [1.54, 1.807) is 32.0 Å². The molecule has 1 N–H and O–H groups in total. The van der Waals surface area contributed by atoms with Crippen LogP contribution in [-0.4, -0.2) is 61.3 Å². The first-order valence-corrected chi connectivity index (χ1v) is 15.6. The number of nitro benzene ring substituents is 1. The average Bonchev–Trinajstić information content (AvgIpc) is 3.06. The Hall–Kier alpha value is -4.78. The highest BCUT2D eigenvalue weighted by Crippen LogP contribution is 2.40. The molecule has 1 saturated heterocycles. The predicted octanol–water partition coefficient (Wildman–Crippen LogP) is 6.98. The molecular weight excluding hydrogens is 613 g/mol. The SMILES string of the molecule is COC(=O)OC1=C(C)NC(C)=C(OC(=O)OCCCCCCN2CCC(C(=O)c3ccc(F)cc3)CC2)C1c1cccc([N+](=O)[O-])c1. The van der Waals surface area contributed by atoms with E-state index in [0.29, 0.717) is 28.9 Å². The van der Waals surface area contributed by atoms with Gasteiger partial charge in [-0.15, -0.1) is 0 Å². The van der Waals surface area contributed by atoms with Crippen molar-refractivity contribution in [3.05, 3.63) is 98.5 Å². The lowest BCUT2D eigenvalue weighted by Crippen LogP contribution is -2.36. The Kier molecular flexibility index (Phi) is 12.5. The average molecular weight is 654 g/mol. The predicted molar refractivity (Wildman–Crippen MR) is 169 cm³/mol. The molecule has 12 nitrogen and oxygen atoms in total. The van der Waals surface area contributed by atoms with E-state index in [2.05, 4.69) is 15.0 Å². The van der Waals surface area contributed by atoms with E-state index in [1.807, 2.05) is 0 Å². The zero-order chi connectivity index (χ0) is 33.9. The molecule has 47 heavy (non-hydrogen) atoms. The highest BCUT2D eigenvalue weighted by molar-refractivity contribution is 5.97. The maximum Gasteiger partial charge on any atom is 0.513 e. The number of methoxy groups -OCH3 is 1. The summed E-state index contributed by atoms with van der Waals surface area (Å²) in [6.07, 6.45) is 2.99. The zero-order valence-corrected chi connectivity index (χ0v) is 26.8. The van der Waals surface area contributed by atoms with E-state index in [0.717, 1.165) is 58.8 Å². The molecule has 13 heteroatoms. The van der Waals surface area contributed by atoms with Crippen molar-refractivity contribution in [2.24, 2.45) is 5.92 Å². The zero-order valence-electron chi connectivity index (χ0n) is 26.8. The van der Waals surface area contributed by atoms with Crippen molar-refractivity contribution in [2.45, 2.75) is 58.3 Å². The smallest absolute Gasteiger partial charge is 0.437 e. The van der Waals surface area contributed by atoms with Gasteiger partial charge in [0, 0.05) is 23.6 Å². The molecule has 0 radical (unpaired) electrons. The van der Waals surface area contributed by atoms with Gasteiger partial charge in [0.2, 0.25) is 0 Å². The van der Waals surface area contributed by atoms with Gasteiger partial charge in [-0.25, -0.2) is 14.0 Å². The number of allylic oxidation sites excluding steroid dienone is 2. The van der Waals surface area contributed by atoms with Crippen LogP contribution in [0.3, 0.4) is 0 Å². The van der Waals surface area contributed by atoms with E-state index in [-0.39, 0.29) is 41.3 Å². The number of Topliss-reactive ketones (excluding diaryl/α,β-unsaturated/α-hetero) is 1. The van der Waals surface area contributed by atoms with E-state index in [9.17, 15) is 28.9 Å². The molecule has 2 heterocycles. The van der Waals surface area contributed by atoms with Crippen LogP contribution in [0.1, 0.15) is 74.2 Å². The molecule has 0 aliphatic carbocycles. The number of hydrogen-bond donors (Lipinski definition) is 1. The number of nitro groups is 1. The van der Waals surface area contributed by atoms with Crippen LogP contribution in [-0.2, 0) is 18.9 Å². The number of piperidine rings is 1. The fourth-order valence-electron chi connectivity index (χ4n) is 5.81. The summed E-state index contributed by atoms with van der Waals surface area (Å²) in [5, 5.41) is 14.5. The third kappa shape index (κ3) is 9.61. The number of ketones is 1. The van der Waals surface area contributed by atoms with Gasteiger partial charge in [-0.05, 0) is 89.0 Å². The Balaban J connectivity index is 1.21. The van der Waals surface area contributed by atoms with Crippen molar-refractivity contribution in [2.75, 3.05) is 33.4 Å². The van der Waals surface area contributed by atoms with Crippen LogP contribution in [0.5, 0.6) is 0 Å². The number of halogens is 1. The monoisotopic (exact) mass is 653 g/mol. The summed E-state index contributed by atoms with van der Waals surface area (Å²) in [6, 6.07) is 11.5. The molecule has 1 fully saturated rings. The third-order valence-electron chi connectivity index (χ3n) is 8.28. The number of nitrogens with zero attached hydrogens (tertiary/aromatic N) is 2. The number of hydrogen-bond acceptors (Lipinski definition) is 11. The van der Waals surface area contributed by atoms with Crippen molar-refractivity contribution >= 4 is 23.8 Å². The first-order valence-electron chi connectivity index (χ1n) is 15.6. The molecule has 1 atom stereocenters. The molecule has 0 amide bonds. The molecule has 1 unspecified atom stereocenters. The van der Waals surface area contributed by atoms with Crippen molar-refractivity contribution in [3.8, 4) is 0 Å². The van der Waals surface area contributed by atoms with Gasteiger partial charge >= 0.3 is 12.3 Å². The Labute approximate surface area is 272 Å². The topological polar surface area (TPSA) is 147 Å². The number of nitrogens with one attached hydrogen (secondary N) is 1. The molecule has 0 saturated carbocycles. The second kappa shape index (κ2) is 16.7. The molecule has 2 aliphatic heterocycles. The van der Waals surface area contributed by atoms with Gasteiger partial charge < -0.3 is 29.2 Å². The summed E-state index contributed by atoms with van der Waals surface area (Å²) in [7, 11) is 1.15. The van der Waals surface area contributed by atoms with Crippen LogP contribution in [0.15, 0.2) is 71.4 Å². The normalized spacial score (nSPS) is 17.1. The van der Waals surface area contributed by atoms with Crippen molar-refractivity contribution < 1.29 is 42.6 Å². The van der Waals surface area contributed by atoms with Crippen LogP contribution < -0.4 is 5.32 Å². The van der Waals surface area contributed by atoms with Gasteiger partial charge in [0.05, 0.1) is 30.0 Å². The number of carbonyl (C=O) groups is 3. The third-order valence-corrected chi connectivity index (χ3v) is 8.28. The Morgan fingerprint density at radius 1 is 0.936 bits per heavy atom. The number of unbranched alkanes of at least 4 members (excludes halogenated alkanes) is 3. The fraction of sp³-hybridized carbons (Fsp3) is 0.441. The van der Waals surface area contributed by atoms with Crippen LogP contribution in [0, 0.1) is 21.8 Å². The minimum atomic E-state index is -1.00. The number of carbonyl (C=O) groups excluding carboxylic acids is 3. The molecule has 252 valence electrons. The number of dihydropyridines is 1. The number of rotatable bonds is 13. The molecule has 0 bridgehead atoms. The molecule has 0 aromatic heterocycles. The standard InChI is InChI=1S/C34H40FN3O9/c1-22-31(46-33(40)44-3)29(26-9-8-10-28(21-26)38(42)43)32(23(2)36-22)47-34(41)45-20-7-5-4-6-17-37-18-15-25(16-19-37)30(39)24-11-13-27(35)14-12-24/h8-14,21,25,29,36H,4-7,15-20H2,1-3H3. The van der Waals surface area contributed by atoms with E-state index >= 15 is 0 Å². The van der Waals surface area contributed by atoms with Crippen LogP contribution in [0.2, 0.25) is 0 Å². The second-order valence-corrected chi connectivity index (χ2v) is 11.5. The number of ether oxygens (including phenoxy) is 4. The minimum Gasteiger partial charge on any atom is -0.437 e. The highest BCUT2D eigenvalue weighted by atomic mass is 19.1. The molecule has 4 rings (SSSR count). The van der Waals surface area contributed by atoms with E-state index in [1.165, 1.54) is 30.3 Å². The lowest BCUT2D eigenvalue weighted by Gasteiger charge is -2.31. The maximum absolute atomic E-state index is 13.2. The first-order chi connectivity index (χ1) is 22.6. The quantitative estimate of drug-likeness (QED) is 0.0785. The molecule has 2 aromatic carbocycles. The summed E-state index contributed by atoms with van der Waals surface area (Å²) in [5.74, 6) is -1.13. The lowest BCUT2D eigenvalue weighted by molar-refractivity contribution is -0.384.